The Morgan fingerprint density at radius 2 is 1.91 bits per heavy atom. The van der Waals surface area contributed by atoms with Crippen molar-refractivity contribution >= 4 is 24.3 Å². The van der Waals surface area contributed by atoms with Gasteiger partial charge in [-0.2, -0.15) is 13.2 Å². The van der Waals surface area contributed by atoms with Crippen molar-refractivity contribution in [3.05, 3.63) is 53.2 Å². The number of aryl methyl sites for hydroxylation is 1. The Balaban J connectivity index is 2.21. The van der Waals surface area contributed by atoms with Crippen molar-refractivity contribution in [1.82, 2.24) is 4.98 Å². The van der Waals surface area contributed by atoms with E-state index in [1.54, 1.807) is 6.92 Å². The molecule has 1 heterocycles. The minimum Gasteiger partial charge on any atom is -0.423 e. The van der Waals surface area contributed by atoms with E-state index < -0.39 is 24.8 Å². The zero-order valence-corrected chi connectivity index (χ0v) is 11.9. The SMILES string of the molecule is Cc1cc(C(=O)Nc2cc(C(F)(F)F)ccn2)ccc1B(O)O. The van der Waals surface area contributed by atoms with Gasteiger partial charge < -0.3 is 15.4 Å². The fourth-order valence-electron chi connectivity index (χ4n) is 1.97. The average molecular weight is 324 g/mol. The van der Waals surface area contributed by atoms with Crippen LogP contribution in [-0.4, -0.2) is 28.1 Å². The molecule has 0 saturated carbocycles. The molecule has 0 unspecified atom stereocenters. The number of pyridine rings is 1. The van der Waals surface area contributed by atoms with Gasteiger partial charge >= 0.3 is 13.3 Å². The molecule has 0 spiro atoms. The first-order valence-electron chi connectivity index (χ1n) is 6.50. The van der Waals surface area contributed by atoms with Gasteiger partial charge in [0.15, 0.2) is 0 Å². The van der Waals surface area contributed by atoms with Gasteiger partial charge in [0.2, 0.25) is 0 Å². The number of carbonyl (C=O) groups excluding carboxylic acids is 1. The number of aromatic nitrogens is 1. The molecule has 1 aromatic carbocycles. The summed E-state index contributed by atoms with van der Waals surface area (Å²) in [4.78, 5) is 15.7. The Morgan fingerprint density at radius 3 is 2.48 bits per heavy atom. The number of benzene rings is 1. The van der Waals surface area contributed by atoms with Crippen molar-refractivity contribution in [2.75, 3.05) is 5.32 Å². The lowest BCUT2D eigenvalue weighted by atomic mass is 9.77. The second kappa shape index (κ2) is 6.39. The van der Waals surface area contributed by atoms with Gasteiger partial charge in [-0.05, 0) is 36.7 Å². The van der Waals surface area contributed by atoms with E-state index in [2.05, 4.69) is 10.3 Å². The summed E-state index contributed by atoms with van der Waals surface area (Å²) in [6, 6.07) is 5.63. The van der Waals surface area contributed by atoms with E-state index >= 15 is 0 Å². The molecule has 0 fully saturated rings. The van der Waals surface area contributed by atoms with Gasteiger partial charge in [0.1, 0.15) is 5.82 Å². The molecule has 2 rings (SSSR count). The Kier molecular flexibility index (Phi) is 4.72. The summed E-state index contributed by atoms with van der Waals surface area (Å²) in [5, 5.41) is 20.5. The van der Waals surface area contributed by atoms with E-state index in [4.69, 9.17) is 10.0 Å². The number of rotatable bonds is 3. The normalized spacial score (nSPS) is 11.2. The van der Waals surface area contributed by atoms with Crippen LogP contribution in [0.3, 0.4) is 0 Å². The molecule has 0 atom stereocenters. The average Bonchev–Trinajstić information content (AvgIpc) is 2.46. The van der Waals surface area contributed by atoms with E-state index in [1.807, 2.05) is 0 Å². The standard InChI is InChI=1S/C14H12BF3N2O3/c1-8-6-9(2-3-11(8)15(22)23)13(21)20-12-7-10(4-5-19-12)14(16,17)18/h2-7,22-23H,1H3,(H,19,20,21). The van der Waals surface area contributed by atoms with Crippen molar-refractivity contribution in [3.8, 4) is 0 Å². The lowest BCUT2D eigenvalue weighted by Gasteiger charge is -2.10. The number of hydrogen-bond donors (Lipinski definition) is 3. The largest absolute Gasteiger partial charge is 0.488 e. The fraction of sp³-hybridized carbons (Fsp3) is 0.143. The van der Waals surface area contributed by atoms with Crippen LogP contribution in [0.15, 0.2) is 36.5 Å². The molecule has 9 heteroatoms. The number of anilines is 1. The fourth-order valence-corrected chi connectivity index (χ4v) is 1.97. The number of amides is 1. The number of halogens is 3. The third-order valence-corrected chi connectivity index (χ3v) is 3.14. The molecule has 0 aliphatic carbocycles. The van der Waals surface area contributed by atoms with Crippen LogP contribution < -0.4 is 10.8 Å². The summed E-state index contributed by atoms with van der Waals surface area (Å²) in [5.74, 6) is -0.882. The molecular formula is C14H12BF3N2O3. The third-order valence-electron chi connectivity index (χ3n) is 3.14. The summed E-state index contributed by atoms with van der Waals surface area (Å²) >= 11 is 0. The molecule has 120 valence electrons. The molecule has 2 aromatic rings. The van der Waals surface area contributed by atoms with Gasteiger partial charge in [0.25, 0.3) is 5.91 Å². The molecule has 3 N–H and O–H groups in total. The predicted molar refractivity (Wildman–Crippen MR) is 78.2 cm³/mol. The van der Waals surface area contributed by atoms with Crippen LogP contribution in [0.5, 0.6) is 0 Å². The van der Waals surface area contributed by atoms with Crippen LogP contribution in [0.2, 0.25) is 0 Å². The van der Waals surface area contributed by atoms with E-state index in [-0.39, 0.29) is 16.8 Å². The molecule has 1 aromatic heterocycles. The van der Waals surface area contributed by atoms with E-state index in [0.29, 0.717) is 5.56 Å². The zero-order valence-electron chi connectivity index (χ0n) is 11.9. The minimum absolute atomic E-state index is 0.158. The number of nitrogens with one attached hydrogen (secondary N) is 1. The molecule has 5 nitrogen and oxygen atoms in total. The first-order chi connectivity index (χ1) is 10.7. The highest BCUT2D eigenvalue weighted by molar-refractivity contribution is 6.59. The topological polar surface area (TPSA) is 82.5 Å². The first-order valence-corrected chi connectivity index (χ1v) is 6.50. The van der Waals surface area contributed by atoms with Crippen LogP contribution in [0, 0.1) is 6.92 Å². The van der Waals surface area contributed by atoms with Crippen LogP contribution in [0.25, 0.3) is 0 Å². The first kappa shape index (κ1) is 17.0. The molecule has 0 saturated heterocycles. The summed E-state index contributed by atoms with van der Waals surface area (Å²) < 4.78 is 37.8. The number of carbonyl (C=O) groups is 1. The van der Waals surface area contributed by atoms with Crippen molar-refractivity contribution in [2.45, 2.75) is 13.1 Å². The summed E-state index contributed by atoms with van der Waals surface area (Å²) in [7, 11) is -1.67. The second-order valence-corrected chi connectivity index (χ2v) is 4.83. The lowest BCUT2D eigenvalue weighted by molar-refractivity contribution is -0.137. The summed E-state index contributed by atoms with van der Waals surface area (Å²) in [6.45, 7) is 1.58. The molecule has 23 heavy (non-hydrogen) atoms. The minimum atomic E-state index is -4.53. The van der Waals surface area contributed by atoms with Gasteiger partial charge in [0, 0.05) is 11.8 Å². The second-order valence-electron chi connectivity index (χ2n) is 4.83. The van der Waals surface area contributed by atoms with Crippen LogP contribution in [0.1, 0.15) is 21.5 Å². The van der Waals surface area contributed by atoms with Gasteiger partial charge in [-0.25, -0.2) is 4.98 Å². The van der Waals surface area contributed by atoms with E-state index in [0.717, 1.165) is 18.3 Å². The monoisotopic (exact) mass is 324 g/mol. The maximum atomic E-state index is 12.6. The van der Waals surface area contributed by atoms with Gasteiger partial charge in [-0.15, -0.1) is 0 Å². The Bertz CT molecular complexity index is 735. The number of hydrogen-bond acceptors (Lipinski definition) is 4. The molecular weight excluding hydrogens is 312 g/mol. The highest BCUT2D eigenvalue weighted by Gasteiger charge is 2.30. The summed E-state index contributed by atoms with van der Waals surface area (Å²) in [6.07, 6.45) is -3.58. The van der Waals surface area contributed by atoms with E-state index in [9.17, 15) is 18.0 Å². The Hall–Kier alpha value is -2.39. The predicted octanol–water partition coefficient (Wildman–Crippen LogP) is 1.34. The quantitative estimate of drug-likeness (QED) is 0.744. The summed E-state index contributed by atoms with van der Waals surface area (Å²) in [5.41, 5.74) is -0.0627. The number of nitrogens with zero attached hydrogens (tertiary/aromatic N) is 1. The van der Waals surface area contributed by atoms with Crippen molar-refractivity contribution in [2.24, 2.45) is 0 Å². The highest BCUT2D eigenvalue weighted by atomic mass is 19.4. The van der Waals surface area contributed by atoms with Crippen molar-refractivity contribution in [1.29, 1.82) is 0 Å². The van der Waals surface area contributed by atoms with E-state index in [1.165, 1.54) is 18.2 Å². The molecule has 0 aliphatic heterocycles. The molecule has 0 aliphatic rings. The number of alkyl halides is 3. The van der Waals surface area contributed by atoms with Crippen molar-refractivity contribution < 1.29 is 28.0 Å². The van der Waals surface area contributed by atoms with Crippen LogP contribution in [-0.2, 0) is 6.18 Å². The van der Waals surface area contributed by atoms with Gasteiger partial charge in [-0.1, -0.05) is 11.6 Å². The molecule has 1 amide bonds. The highest BCUT2D eigenvalue weighted by Crippen LogP contribution is 2.29. The maximum absolute atomic E-state index is 12.6. The zero-order chi connectivity index (χ0) is 17.2. The Morgan fingerprint density at radius 1 is 1.22 bits per heavy atom. The Labute approximate surface area is 129 Å². The van der Waals surface area contributed by atoms with Crippen LogP contribution in [0.4, 0.5) is 19.0 Å². The maximum Gasteiger partial charge on any atom is 0.488 e. The molecule has 0 bridgehead atoms. The van der Waals surface area contributed by atoms with Crippen molar-refractivity contribution in [3.63, 3.8) is 0 Å². The van der Waals surface area contributed by atoms with Gasteiger partial charge in [0.05, 0.1) is 5.56 Å². The smallest absolute Gasteiger partial charge is 0.423 e. The lowest BCUT2D eigenvalue weighted by Crippen LogP contribution is -2.32. The van der Waals surface area contributed by atoms with Gasteiger partial charge in [-0.3, -0.25) is 4.79 Å². The third kappa shape index (κ3) is 4.08. The van der Waals surface area contributed by atoms with Crippen LogP contribution >= 0.6 is 0 Å². The molecule has 0 radical (unpaired) electrons.